The van der Waals surface area contributed by atoms with Gasteiger partial charge in [-0.15, -0.1) is 0 Å². The molecule has 0 spiro atoms. The molecule has 100 valence electrons. The van der Waals surface area contributed by atoms with Gasteiger partial charge in [0.05, 0.1) is 5.69 Å². The minimum atomic E-state index is -0.367. The molecule has 3 nitrogen and oxygen atoms in total. The van der Waals surface area contributed by atoms with Crippen LogP contribution in [0.2, 0.25) is 0 Å². The van der Waals surface area contributed by atoms with Crippen LogP contribution < -0.4 is 10.5 Å². The van der Waals surface area contributed by atoms with Crippen LogP contribution in [0.15, 0.2) is 42.6 Å². The number of pyridine rings is 1. The van der Waals surface area contributed by atoms with Crippen LogP contribution in [0.4, 0.5) is 4.39 Å². The van der Waals surface area contributed by atoms with Gasteiger partial charge in [-0.3, -0.25) is 4.98 Å². The molecule has 0 saturated heterocycles. The van der Waals surface area contributed by atoms with Crippen molar-refractivity contribution in [1.82, 2.24) is 4.98 Å². The molecule has 0 fully saturated rings. The van der Waals surface area contributed by atoms with Crippen LogP contribution in [-0.4, -0.2) is 11.0 Å². The van der Waals surface area contributed by atoms with E-state index >= 15 is 0 Å². The highest BCUT2D eigenvalue weighted by atomic mass is 19.1. The Balaban J connectivity index is 2.01. The van der Waals surface area contributed by atoms with Crippen LogP contribution in [0.1, 0.15) is 18.2 Å². The Morgan fingerprint density at radius 1 is 1.32 bits per heavy atom. The normalized spacial score (nSPS) is 12.2. The van der Waals surface area contributed by atoms with Gasteiger partial charge in [-0.25, -0.2) is 4.39 Å². The van der Waals surface area contributed by atoms with Crippen molar-refractivity contribution in [2.24, 2.45) is 5.73 Å². The molecule has 0 saturated carbocycles. The Morgan fingerprint density at radius 2 is 2.16 bits per heavy atom. The van der Waals surface area contributed by atoms with Gasteiger partial charge in [0.25, 0.3) is 0 Å². The lowest BCUT2D eigenvalue weighted by Gasteiger charge is -2.09. The lowest BCUT2D eigenvalue weighted by molar-refractivity contribution is 0.286. The lowest BCUT2D eigenvalue weighted by Crippen LogP contribution is -2.17. The average Bonchev–Trinajstić information content (AvgIpc) is 2.38. The maximum atomic E-state index is 13.8. The molecule has 1 atom stereocenters. The summed E-state index contributed by atoms with van der Waals surface area (Å²) in [6, 6.07) is 10.5. The zero-order valence-electron chi connectivity index (χ0n) is 10.8. The van der Waals surface area contributed by atoms with Crippen molar-refractivity contribution in [3.8, 4) is 5.75 Å². The summed E-state index contributed by atoms with van der Waals surface area (Å²) in [5.41, 5.74) is 7.32. The summed E-state index contributed by atoms with van der Waals surface area (Å²) >= 11 is 0. The fourth-order valence-corrected chi connectivity index (χ4v) is 1.80. The molecule has 0 aliphatic carbocycles. The largest absolute Gasteiger partial charge is 0.484 e. The molecule has 0 aliphatic rings. The van der Waals surface area contributed by atoms with Gasteiger partial charge in [0.15, 0.2) is 11.6 Å². The van der Waals surface area contributed by atoms with E-state index in [4.69, 9.17) is 10.5 Å². The van der Waals surface area contributed by atoms with E-state index in [9.17, 15) is 4.39 Å². The number of halogens is 1. The number of aromatic nitrogens is 1. The van der Waals surface area contributed by atoms with Crippen molar-refractivity contribution in [3.63, 3.8) is 0 Å². The molecule has 0 amide bonds. The summed E-state index contributed by atoms with van der Waals surface area (Å²) in [5.74, 6) is -0.131. The Morgan fingerprint density at radius 3 is 2.79 bits per heavy atom. The number of hydrogen-bond donors (Lipinski definition) is 1. The second-order valence-electron chi connectivity index (χ2n) is 4.56. The van der Waals surface area contributed by atoms with Gasteiger partial charge in [-0.05, 0) is 43.2 Å². The van der Waals surface area contributed by atoms with Gasteiger partial charge in [0.2, 0.25) is 0 Å². The molecule has 2 rings (SSSR count). The highest BCUT2D eigenvalue weighted by molar-refractivity contribution is 5.30. The van der Waals surface area contributed by atoms with Crippen LogP contribution in [0.5, 0.6) is 5.75 Å². The second kappa shape index (κ2) is 6.29. The van der Waals surface area contributed by atoms with Crippen molar-refractivity contribution in [2.45, 2.75) is 26.0 Å². The minimum absolute atomic E-state index is 0.0136. The van der Waals surface area contributed by atoms with Gasteiger partial charge in [-0.2, -0.15) is 0 Å². The van der Waals surface area contributed by atoms with Crippen molar-refractivity contribution >= 4 is 0 Å². The quantitative estimate of drug-likeness (QED) is 0.899. The summed E-state index contributed by atoms with van der Waals surface area (Å²) in [5, 5.41) is 0. The Labute approximate surface area is 112 Å². The van der Waals surface area contributed by atoms with Crippen LogP contribution in [0, 0.1) is 5.82 Å². The van der Waals surface area contributed by atoms with E-state index in [1.165, 1.54) is 6.07 Å². The van der Waals surface area contributed by atoms with Crippen molar-refractivity contribution in [3.05, 3.63) is 59.7 Å². The van der Waals surface area contributed by atoms with E-state index < -0.39 is 0 Å². The van der Waals surface area contributed by atoms with Crippen LogP contribution >= 0.6 is 0 Å². The first-order valence-electron chi connectivity index (χ1n) is 6.22. The summed E-state index contributed by atoms with van der Waals surface area (Å²) in [4.78, 5) is 4.12. The molecule has 2 aromatic rings. The third-order valence-corrected chi connectivity index (χ3v) is 2.66. The van der Waals surface area contributed by atoms with E-state index in [1.54, 1.807) is 12.3 Å². The van der Waals surface area contributed by atoms with E-state index in [2.05, 4.69) is 4.98 Å². The zero-order chi connectivity index (χ0) is 13.7. The summed E-state index contributed by atoms with van der Waals surface area (Å²) in [6.07, 6.45) is 2.33. The first-order valence-corrected chi connectivity index (χ1v) is 6.22. The number of ether oxygens (including phenoxy) is 1. The minimum Gasteiger partial charge on any atom is -0.484 e. The number of hydrogen-bond acceptors (Lipinski definition) is 3. The molecule has 1 aromatic heterocycles. The zero-order valence-corrected chi connectivity index (χ0v) is 10.8. The Kier molecular flexibility index (Phi) is 4.47. The molecule has 0 radical (unpaired) electrons. The topological polar surface area (TPSA) is 48.1 Å². The Bertz CT molecular complexity index is 529. The maximum absolute atomic E-state index is 13.8. The summed E-state index contributed by atoms with van der Waals surface area (Å²) in [7, 11) is 0. The van der Waals surface area contributed by atoms with E-state index in [0.717, 1.165) is 11.3 Å². The monoisotopic (exact) mass is 260 g/mol. The molecule has 1 heterocycles. The lowest BCUT2D eigenvalue weighted by atomic mass is 10.1. The fourth-order valence-electron chi connectivity index (χ4n) is 1.80. The summed E-state index contributed by atoms with van der Waals surface area (Å²) < 4.78 is 19.2. The third kappa shape index (κ3) is 4.03. The molecular weight excluding hydrogens is 243 g/mol. The first kappa shape index (κ1) is 13.5. The molecule has 4 heteroatoms. The maximum Gasteiger partial charge on any atom is 0.165 e. The average molecular weight is 260 g/mol. The smallest absolute Gasteiger partial charge is 0.165 e. The number of rotatable bonds is 5. The van der Waals surface area contributed by atoms with Crippen LogP contribution in [-0.2, 0) is 13.0 Å². The summed E-state index contributed by atoms with van der Waals surface area (Å²) in [6.45, 7) is 2.15. The van der Waals surface area contributed by atoms with Gasteiger partial charge < -0.3 is 10.5 Å². The highest BCUT2D eigenvalue weighted by Crippen LogP contribution is 2.20. The first-order chi connectivity index (χ1) is 9.15. The molecule has 19 heavy (non-hydrogen) atoms. The van der Waals surface area contributed by atoms with E-state index in [-0.39, 0.29) is 24.2 Å². The Hall–Kier alpha value is -1.94. The van der Waals surface area contributed by atoms with Crippen LogP contribution in [0.25, 0.3) is 0 Å². The van der Waals surface area contributed by atoms with E-state index in [0.29, 0.717) is 6.42 Å². The third-order valence-electron chi connectivity index (χ3n) is 2.66. The van der Waals surface area contributed by atoms with E-state index in [1.807, 2.05) is 31.2 Å². The number of nitrogens with two attached hydrogens (primary N) is 1. The highest BCUT2D eigenvalue weighted by Gasteiger charge is 2.06. The molecule has 2 N–H and O–H groups in total. The van der Waals surface area contributed by atoms with Gasteiger partial charge >= 0.3 is 0 Å². The van der Waals surface area contributed by atoms with Crippen molar-refractivity contribution in [1.29, 1.82) is 0 Å². The molecular formula is C15H17FN2O. The van der Waals surface area contributed by atoms with Crippen molar-refractivity contribution < 1.29 is 9.13 Å². The SMILES string of the molecule is CC(N)Cc1ccc(OCc2ccccn2)c(F)c1. The van der Waals surface area contributed by atoms with Gasteiger partial charge in [0.1, 0.15) is 6.61 Å². The van der Waals surface area contributed by atoms with Gasteiger partial charge in [-0.1, -0.05) is 12.1 Å². The molecule has 0 bridgehead atoms. The fraction of sp³-hybridized carbons (Fsp3) is 0.267. The molecule has 0 aliphatic heterocycles. The van der Waals surface area contributed by atoms with Crippen LogP contribution in [0.3, 0.4) is 0 Å². The predicted molar refractivity (Wildman–Crippen MR) is 72.3 cm³/mol. The number of benzene rings is 1. The molecule has 1 unspecified atom stereocenters. The molecule has 1 aromatic carbocycles. The van der Waals surface area contributed by atoms with Crippen molar-refractivity contribution in [2.75, 3.05) is 0 Å². The van der Waals surface area contributed by atoms with Gasteiger partial charge in [0, 0.05) is 12.2 Å². The second-order valence-corrected chi connectivity index (χ2v) is 4.56. The standard InChI is InChI=1S/C15H17FN2O/c1-11(17)8-12-5-6-15(14(16)9-12)19-10-13-4-2-3-7-18-13/h2-7,9,11H,8,10,17H2,1H3. The predicted octanol–water partition coefficient (Wildman–Crippen LogP) is 2.69. The number of nitrogens with zero attached hydrogens (tertiary/aromatic N) is 1.